The minimum Gasteiger partial charge on any atom is -0.323 e. The van der Waals surface area contributed by atoms with E-state index in [1.165, 1.54) is 5.56 Å². The van der Waals surface area contributed by atoms with Gasteiger partial charge in [-0.2, -0.15) is 0 Å². The van der Waals surface area contributed by atoms with Crippen molar-refractivity contribution in [1.82, 2.24) is 4.98 Å². The molecule has 0 aliphatic heterocycles. The number of nitrogens with two attached hydrogens (primary N) is 1. The average molecular weight is 267 g/mol. The summed E-state index contributed by atoms with van der Waals surface area (Å²) in [7, 11) is 0. The predicted molar refractivity (Wildman–Crippen MR) is 74.6 cm³/mol. The Morgan fingerprint density at radius 1 is 1.35 bits per heavy atom. The normalized spacial score (nSPS) is 12.8. The third-order valence-corrected chi connectivity index (χ3v) is 4.04. The maximum Gasteiger partial charge on any atom is 0.0905 e. The van der Waals surface area contributed by atoms with Gasteiger partial charge >= 0.3 is 0 Å². The molecule has 2 N–H and O–H groups in total. The molecule has 2 aromatic rings. The third kappa shape index (κ3) is 2.51. The molecule has 90 valence electrons. The van der Waals surface area contributed by atoms with Crippen LogP contribution >= 0.6 is 22.9 Å². The van der Waals surface area contributed by atoms with E-state index in [0.717, 1.165) is 26.2 Å². The molecule has 0 bridgehead atoms. The second-order valence-corrected chi connectivity index (χ2v) is 5.86. The van der Waals surface area contributed by atoms with E-state index in [9.17, 15) is 0 Å². The van der Waals surface area contributed by atoms with E-state index in [0.29, 0.717) is 0 Å². The molecule has 0 saturated carbocycles. The number of nitrogens with zero attached hydrogens (tertiary/aromatic N) is 1. The van der Waals surface area contributed by atoms with Gasteiger partial charge in [0.1, 0.15) is 0 Å². The Morgan fingerprint density at radius 2 is 2.06 bits per heavy atom. The van der Waals surface area contributed by atoms with Crippen molar-refractivity contribution in [3.63, 3.8) is 0 Å². The summed E-state index contributed by atoms with van der Waals surface area (Å²) >= 11 is 7.70. The van der Waals surface area contributed by atoms with Gasteiger partial charge in [0.05, 0.1) is 10.7 Å². The molecule has 4 heteroatoms. The molecular weight excluding hydrogens is 252 g/mol. The van der Waals surface area contributed by atoms with Crippen molar-refractivity contribution in [2.24, 2.45) is 5.73 Å². The summed E-state index contributed by atoms with van der Waals surface area (Å²) in [6.07, 6.45) is 0. The van der Waals surface area contributed by atoms with E-state index >= 15 is 0 Å². The van der Waals surface area contributed by atoms with Crippen LogP contribution in [0.5, 0.6) is 0 Å². The van der Waals surface area contributed by atoms with Crippen molar-refractivity contribution in [3.8, 4) is 11.3 Å². The van der Waals surface area contributed by atoms with Crippen molar-refractivity contribution >= 4 is 22.9 Å². The highest BCUT2D eigenvalue weighted by Crippen LogP contribution is 2.34. The van der Waals surface area contributed by atoms with Crippen LogP contribution in [-0.4, -0.2) is 4.98 Å². The van der Waals surface area contributed by atoms with Crippen LogP contribution < -0.4 is 5.73 Å². The summed E-state index contributed by atoms with van der Waals surface area (Å²) in [5.41, 5.74) is 9.21. The van der Waals surface area contributed by atoms with Gasteiger partial charge in [-0.25, -0.2) is 4.98 Å². The fourth-order valence-corrected chi connectivity index (χ4v) is 2.86. The van der Waals surface area contributed by atoms with Crippen LogP contribution in [0.3, 0.4) is 0 Å². The number of hydrogen-bond acceptors (Lipinski definition) is 3. The first kappa shape index (κ1) is 12.6. The smallest absolute Gasteiger partial charge is 0.0905 e. The Bertz CT molecular complexity index is 546. The second kappa shape index (κ2) is 4.77. The topological polar surface area (TPSA) is 38.9 Å². The first-order valence-electron chi connectivity index (χ1n) is 5.48. The van der Waals surface area contributed by atoms with Gasteiger partial charge in [-0.3, -0.25) is 0 Å². The number of thiazole rings is 1. The van der Waals surface area contributed by atoms with Crippen LogP contribution in [0, 0.1) is 13.8 Å². The molecule has 1 aromatic heterocycles. The summed E-state index contributed by atoms with van der Waals surface area (Å²) in [5.74, 6) is 0. The lowest BCUT2D eigenvalue weighted by Crippen LogP contribution is -2.04. The van der Waals surface area contributed by atoms with E-state index in [2.05, 4.69) is 11.9 Å². The lowest BCUT2D eigenvalue weighted by molar-refractivity contribution is 0.837. The van der Waals surface area contributed by atoms with Crippen molar-refractivity contribution < 1.29 is 0 Å². The zero-order valence-electron chi connectivity index (χ0n) is 10.1. The molecule has 2 rings (SSSR count). The number of halogens is 1. The Hall–Kier alpha value is -0.900. The van der Waals surface area contributed by atoms with Crippen LogP contribution in [-0.2, 0) is 0 Å². The number of hydrogen-bond donors (Lipinski definition) is 1. The number of rotatable bonds is 2. The van der Waals surface area contributed by atoms with Gasteiger partial charge in [-0.1, -0.05) is 17.7 Å². The molecule has 0 radical (unpaired) electrons. The van der Waals surface area contributed by atoms with Gasteiger partial charge in [0.25, 0.3) is 0 Å². The third-order valence-electron chi connectivity index (χ3n) is 2.63. The first-order valence-corrected chi connectivity index (χ1v) is 6.68. The van der Waals surface area contributed by atoms with Crippen LogP contribution in [0.1, 0.15) is 28.4 Å². The van der Waals surface area contributed by atoms with Crippen LogP contribution in [0.25, 0.3) is 11.3 Å². The van der Waals surface area contributed by atoms with Gasteiger partial charge in [0.15, 0.2) is 0 Å². The zero-order chi connectivity index (χ0) is 12.6. The van der Waals surface area contributed by atoms with E-state index in [4.69, 9.17) is 17.3 Å². The monoisotopic (exact) mass is 266 g/mol. The summed E-state index contributed by atoms with van der Waals surface area (Å²) in [6.45, 7) is 6.04. The van der Waals surface area contributed by atoms with E-state index in [-0.39, 0.29) is 6.04 Å². The van der Waals surface area contributed by atoms with Crippen LogP contribution in [0.4, 0.5) is 0 Å². The fraction of sp³-hybridized carbons (Fsp3) is 0.308. The van der Waals surface area contributed by atoms with Crippen molar-refractivity contribution in [2.45, 2.75) is 26.8 Å². The van der Waals surface area contributed by atoms with Gasteiger partial charge < -0.3 is 5.73 Å². The predicted octanol–water partition coefficient (Wildman–Crippen LogP) is 4.10. The second-order valence-electron chi connectivity index (χ2n) is 4.19. The summed E-state index contributed by atoms with van der Waals surface area (Å²) < 4.78 is 0. The minimum atomic E-state index is -0.00502. The van der Waals surface area contributed by atoms with Gasteiger partial charge in [0.2, 0.25) is 0 Å². The highest BCUT2D eigenvalue weighted by molar-refractivity contribution is 7.12. The maximum absolute atomic E-state index is 6.05. The zero-order valence-corrected chi connectivity index (χ0v) is 11.7. The Labute approximate surface area is 110 Å². The Morgan fingerprint density at radius 3 is 2.71 bits per heavy atom. The Kier molecular flexibility index (Phi) is 3.52. The quantitative estimate of drug-likeness (QED) is 0.889. The standard InChI is InChI=1S/C13H15ClN2S/c1-7-4-5-10(14)6-11(7)12-13(8(2)15)17-9(3)16-12/h4-6,8H,15H2,1-3H3. The fourth-order valence-electron chi connectivity index (χ4n) is 1.79. The molecule has 1 heterocycles. The highest BCUT2D eigenvalue weighted by atomic mass is 35.5. The molecule has 0 saturated heterocycles. The van der Waals surface area contributed by atoms with E-state index in [1.807, 2.05) is 32.0 Å². The molecule has 1 atom stereocenters. The summed E-state index contributed by atoms with van der Waals surface area (Å²) in [4.78, 5) is 5.70. The number of aryl methyl sites for hydroxylation is 2. The lowest BCUT2D eigenvalue weighted by atomic mass is 10.0. The molecule has 1 aromatic carbocycles. The SMILES string of the molecule is Cc1nc(-c2cc(Cl)ccc2C)c(C(C)N)s1. The Balaban J connectivity index is 2.63. The maximum atomic E-state index is 6.05. The van der Waals surface area contributed by atoms with Crippen molar-refractivity contribution in [1.29, 1.82) is 0 Å². The van der Waals surface area contributed by atoms with Gasteiger partial charge in [-0.05, 0) is 38.5 Å². The largest absolute Gasteiger partial charge is 0.323 e. The number of aromatic nitrogens is 1. The van der Waals surface area contributed by atoms with Gasteiger partial charge in [0, 0.05) is 21.5 Å². The van der Waals surface area contributed by atoms with Crippen LogP contribution in [0.2, 0.25) is 5.02 Å². The first-order chi connectivity index (χ1) is 7.99. The number of benzene rings is 1. The molecule has 17 heavy (non-hydrogen) atoms. The van der Waals surface area contributed by atoms with E-state index < -0.39 is 0 Å². The van der Waals surface area contributed by atoms with Crippen molar-refractivity contribution in [3.05, 3.63) is 38.7 Å². The van der Waals surface area contributed by atoms with E-state index in [1.54, 1.807) is 11.3 Å². The summed E-state index contributed by atoms with van der Waals surface area (Å²) in [5, 5.41) is 1.76. The highest BCUT2D eigenvalue weighted by Gasteiger charge is 2.16. The summed E-state index contributed by atoms with van der Waals surface area (Å²) in [6, 6.07) is 5.86. The lowest BCUT2D eigenvalue weighted by Gasteiger charge is -2.08. The molecule has 1 unspecified atom stereocenters. The average Bonchev–Trinajstić information content (AvgIpc) is 2.64. The van der Waals surface area contributed by atoms with Crippen LogP contribution in [0.15, 0.2) is 18.2 Å². The molecule has 0 aliphatic rings. The minimum absolute atomic E-state index is 0.00502. The molecule has 0 spiro atoms. The van der Waals surface area contributed by atoms with Gasteiger partial charge in [-0.15, -0.1) is 11.3 Å². The van der Waals surface area contributed by atoms with Crippen molar-refractivity contribution in [2.75, 3.05) is 0 Å². The molecule has 2 nitrogen and oxygen atoms in total. The molecular formula is C13H15ClN2S. The molecule has 0 aliphatic carbocycles. The molecule has 0 amide bonds. The molecule has 0 fully saturated rings.